The van der Waals surface area contributed by atoms with Crippen LogP contribution in [-0.2, 0) is 12.7 Å². The number of carbonyl (C=O) groups excluding carboxylic acids is 1. The van der Waals surface area contributed by atoms with E-state index in [2.05, 4.69) is 5.32 Å². The van der Waals surface area contributed by atoms with Crippen molar-refractivity contribution in [1.82, 2.24) is 5.32 Å². The minimum Gasteiger partial charge on any atom is -0.456 e. The van der Waals surface area contributed by atoms with Gasteiger partial charge in [0.15, 0.2) is 0 Å². The molecule has 0 atom stereocenters. The largest absolute Gasteiger partial charge is 0.456 e. The Bertz CT molecular complexity index is 759. The zero-order valence-corrected chi connectivity index (χ0v) is 11.8. The average molecular weight is 328 g/mol. The van der Waals surface area contributed by atoms with E-state index in [1.54, 1.807) is 12.1 Å². The molecule has 22 heavy (non-hydrogen) atoms. The molecule has 1 aliphatic rings. The monoisotopic (exact) mass is 327 g/mol. The van der Waals surface area contributed by atoms with Gasteiger partial charge in [-0.1, -0.05) is 17.7 Å². The lowest BCUT2D eigenvalue weighted by Crippen LogP contribution is -2.12. The smallest absolute Gasteiger partial charge is 0.416 e. The third-order valence-electron chi connectivity index (χ3n) is 3.25. The van der Waals surface area contributed by atoms with Crippen LogP contribution in [0.4, 0.5) is 13.2 Å². The Kier molecular flexibility index (Phi) is 3.48. The van der Waals surface area contributed by atoms with Gasteiger partial charge in [0.1, 0.15) is 11.5 Å². The van der Waals surface area contributed by atoms with Gasteiger partial charge in [-0.05, 0) is 35.9 Å². The Morgan fingerprint density at radius 1 is 1.14 bits per heavy atom. The number of alkyl halides is 3. The molecule has 114 valence electrons. The number of hydrogen-bond donors (Lipinski definition) is 1. The molecule has 0 aliphatic carbocycles. The number of fused-ring (bicyclic) bond motifs is 1. The molecule has 1 amide bonds. The van der Waals surface area contributed by atoms with Crippen molar-refractivity contribution in [3.05, 3.63) is 58.1 Å². The quantitative estimate of drug-likeness (QED) is 0.888. The molecule has 0 saturated carbocycles. The van der Waals surface area contributed by atoms with Crippen molar-refractivity contribution in [2.24, 2.45) is 0 Å². The van der Waals surface area contributed by atoms with E-state index in [1.807, 2.05) is 0 Å². The van der Waals surface area contributed by atoms with Crippen LogP contribution in [0.1, 0.15) is 21.5 Å². The molecular formula is C15H9ClF3NO2. The Balaban J connectivity index is 1.88. The van der Waals surface area contributed by atoms with Gasteiger partial charge in [0.2, 0.25) is 0 Å². The fourth-order valence-electron chi connectivity index (χ4n) is 2.14. The van der Waals surface area contributed by atoms with Gasteiger partial charge in [0, 0.05) is 12.1 Å². The number of nitrogens with one attached hydrogen (secondary N) is 1. The van der Waals surface area contributed by atoms with Gasteiger partial charge in [-0.2, -0.15) is 13.2 Å². The first-order chi connectivity index (χ1) is 10.3. The average Bonchev–Trinajstić information content (AvgIpc) is 2.81. The van der Waals surface area contributed by atoms with Crippen molar-refractivity contribution in [1.29, 1.82) is 0 Å². The first kappa shape index (κ1) is 14.7. The van der Waals surface area contributed by atoms with Crippen molar-refractivity contribution in [2.75, 3.05) is 0 Å². The molecule has 7 heteroatoms. The molecule has 3 nitrogen and oxygen atoms in total. The van der Waals surface area contributed by atoms with Crippen LogP contribution < -0.4 is 10.1 Å². The Morgan fingerprint density at radius 2 is 1.91 bits per heavy atom. The van der Waals surface area contributed by atoms with E-state index >= 15 is 0 Å². The summed E-state index contributed by atoms with van der Waals surface area (Å²) in [7, 11) is 0. The molecule has 0 saturated heterocycles. The van der Waals surface area contributed by atoms with Crippen LogP contribution in [0.15, 0.2) is 36.4 Å². The lowest BCUT2D eigenvalue weighted by Gasteiger charge is -2.11. The molecule has 1 N–H and O–H groups in total. The zero-order chi connectivity index (χ0) is 15.9. The molecular weight excluding hydrogens is 319 g/mol. The fraction of sp³-hybridized carbons (Fsp3) is 0.133. The first-order valence-corrected chi connectivity index (χ1v) is 6.68. The molecule has 0 aromatic heterocycles. The normalized spacial score (nSPS) is 13.7. The van der Waals surface area contributed by atoms with Gasteiger partial charge in [0.05, 0.1) is 10.6 Å². The highest BCUT2D eigenvalue weighted by Crippen LogP contribution is 2.36. The number of halogens is 4. The number of hydrogen-bond acceptors (Lipinski definition) is 2. The molecule has 2 aromatic rings. The highest BCUT2D eigenvalue weighted by Gasteiger charge is 2.31. The fourth-order valence-corrected chi connectivity index (χ4v) is 2.36. The van der Waals surface area contributed by atoms with Crippen LogP contribution in [0.25, 0.3) is 0 Å². The third kappa shape index (κ3) is 2.74. The second-order valence-electron chi connectivity index (χ2n) is 4.75. The number of ether oxygens (including phenoxy) is 1. The molecule has 0 fully saturated rings. The summed E-state index contributed by atoms with van der Waals surface area (Å²) in [5, 5.41) is 2.51. The highest BCUT2D eigenvalue weighted by atomic mass is 35.5. The van der Waals surface area contributed by atoms with Crippen molar-refractivity contribution in [3.8, 4) is 11.5 Å². The van der Waals surface area contributed by atoms with E-state index in [0.717, 1.165) is 23.8 Å². The third-order valence-corrected chi connectivity index (χ3v) is 3.55. The van der Waals surface area contributed by atoms with Gasteiger partial charge < -0.3 is 10.1 Å². The predicted octanol–water partition coefficient (Wildman–Crippen LogP) is 4.39. The molecule has 1 heterocycles. The Labute approximate surface area is 128 Å². The van der Waals surface area contributed by atoms with Crippen LogP contribution >= 0.6 is 11.6 Å². The number of benzene rings is 2. The summed E-state index contributed by atoms with van der Waals surface area (Å²) >= 11 is 5.83. The SMILES string of the molecule is O=C1NCc2ccc(Oc3ccc(C(F)(F)F)cc3Cl)cc21. The van der Waals surface area contributed by atoms with Crippen LogP contribution in [-0.4, -0.2) is 5.91 Å². The number of amides is 1. The van der Waals surface area contributed by atoms with E-state index < -0.39 is 11.7 Å². The maximum atomic E-state index is 12.6. The number of carbonyl (C=O) groups is 1. The summed E-state index contributed by atoms with van der Waals surface area (Å²) in [6.45, 7) is 0.454. The lowest BCUT2D eigenvalue weighted by atomic mass is 10.1. The van der Waals surface area contributed by atoms with Gasteiger partial charge in [-0.3, -0.25) is 4.79 Å². The molecule has 0 radical (unpaired) electrons. The lowest BCUT2D eigenvalue weighted by molar-refractivity contribution is -0.137. The zero-order valence-electron chi connectivity index (χ0n) is 11.0. The minimum absolute atomic E-state index is 0.0908. The second-order valence-corrected chi connectivity index (χ2v) is 5.15. The highest BCUT2D eigenvalue weighted by molar-refractivity contribution is 6.32. The summed E-state index contributed by atoms with van der Waals surface area (Å²) in [6, 6.07) is 7.73. The first-order valence-electron chi connectivity index (χ1n) is 6.30. The van der Waals surface area contributed by atoms with Crippen molar-refractivity contribution >= 4 is 17.5 Å². The van der Waals surface area contributed by atoms with Crippen molar-refractivity contribution < 1.29 is 22.7 Å². The molecule has 0 spiro atoms. The van der Waals surface area contributed by atoms with E-state index in [1.165, 1.54) is 6.07 Å². The second kappa shape index (κ2) is 5.21. The van der Waals surface area contributed by atoms with Crippen molar-refractivity contribution in [2.45, 2.75) is 12.7 Å². The van der Waals surface area contributed by atoms with Gasteiger partial charge in [-0.25, -0.2) is 0 Å². The van der Waals surface area contributed by atoms with Crippen LogP contribution in [0.5, 0.6) is 11.5 Å². The van der Waals surface area contributed by atoms with Crippen LogP contribution in [0, 0.1) is 0 Å². The molecule has 2 aromatic carbocycles. The van der Waals surface area contributed by atoms with Crippen molar-refractivity contribution in [3.63, 3.8) is 0 Å². The van der Waals surface area contributed by atoms with E-state index in [0.29, 0.717) is 17.9 Å². The summed E-state index contributed by atoms with van der Waals surface area (Å²) in [5.74, 6) is 0.212. The summed E-state index contributed by atoms with van der Waals surface area (Å²) in [4.78, 5) is 11.6. The van der Waals surface area contributed by atoms with E-state index in [4.69, 9.17) is 16.3 Å². The van der Waals surface area contributed by atoms with Crippen LogP contribution in [0.2, 0.25) is 5.02 Å². The van der Waals surface area contributed by atoms with Gasteiger partial charge >= 0.3 is 6.18 Å². The molecule has 0 unspecified atom stereocenters. The molecule has 1 aliphatic heterocycles. The Morgan fingerprint density at radius 3 is 2.59 bits per heavy atom. The van der Waals surface area contributed by atoms with Gasteiger partial charge in [0.25, 0.3) is 5.91 Å². The Hall–Kier alpha value is -2.21. The topological polar surface area (TPSA) is 38.3 Å². The van der Waals surface area contributed by atoms with E-state index in [9.17, 15) is 18.0 Å². The predicted molar refractivity (Wildman–Crippen MR) is 74.1 cm³/mol. The summed E-state index contributed by atoms with van der Waals surface area (Å²) < 4.78 is 43.2. The van der Waals surface area contributed by atoms with Crippen LogP contribution in [0.3, 0.4) is 0 Å². The van der Waals surface area contributed by atoms with Gasteiger partial charge in [-0.15, -0.1) is 0 Å². The maximum absolute atomic E-state index is 12.6. The summed E-state index contributed by atoms with van der Waals surface area (Å²) in [5.41, 5.74) is 0.481. The molecule has 3 rings (SSSR count). The standard InChI is InChI=1S/C15H9ClF3NO2/c16-12-5-9(15(17,18)19)2-4-13(12)22-10-3-1-8-7-20-14(21)11(8)6-10/h1-6H,7H2,(H,20,21). The number of rotatable bonds is 2. The van der Waals surface area contributed by atoms with E-state index in [-0.39, 0.29) is 16.7 Å². The maximum Gasteiger partial charge on any atom is 0.416 e. The summed E-state index contributed by atoms with van der Waals surface area (Å²) in [6.07, 6.45) is -4.46. The minimum atomic E-state index is -4.46. The molecule has 0 bridgehead atoms.